The van der Waals surface area contributed by atoms with Gasteiger partial charge in [-0.1, -0.05) is 12.0 Å². The lowest BCUT2D eigenvalue weighted by Gasteiger charge is -2.06. The zero-order valence-electron chi connectivity index (χ0n) is 11.7. The largest absolute Gasteiger partial charge is 0.236 e. The Bertz CT molecular complexity index is 643. The number of hydrogen-bond donors (Lipinski definition) is 0. The molecular formula is C16H17N3. The summed E-state index contributed by atoms with van der Waals surface area (Å²) >= 11 is 0. The molecule has 0 fully saturated rings. The summed E-state index contributed by atoms with van der Waals surface area (Å²) in [6.07, 6.45) is 1.74. The molecule has 3 heteroatoms. The van der Waals surface area contributed by atoms with Gasteiger partial charge in [0.2, 0.25) is 0 Å². The van der Waals surface area contributed by atoms with Crippen LogP contribution >= 0.6 is 0 Å². The van der Waals surface area contributed by atoms with Gasteiger partial charge in [0.25, 0.3) is 0 Å². The molecule has 0 saturated carbocycles. The maximum absolute atomic E-state index is 4.49. The van der Waals surface area contributed by atoms with Crippen LogP contribution in [0.4, 0.5) is 0 Å². The molecule has 0 radical (unpaired) electrons. The van der Waals surface area contributed by atoms with Crippen molar-refractivity contribution >= 4 is 0 Å². The third-order valence-corrected chi connectivity index (χ3v) is 2.34. The zero-order valence-corrected chi connectivity index (χ0v) is 11.7. The number of aromatic nitrogens is 3. The van der Waals surface area contributed by atoms with Crippen molar-refractivity contribution in [3.63, 3.8) is 0 Å². The molecule has 0 atom stereocenters. The van der Waals surface area contributed by atoms with Gasteiger partial charge >= 0.3 is 0 Å². The van der Waals surface area contributed by atoms with E-state index in [9.17, 15) is 0 Å². The predicted molar refractivity (Wildman–Crippen MR) is 76.3 cm³/mol. The molecule has 0 bridgehead atoms. The molecule has 0 aliphatic heterocycles. The number of rotatable bonds is 1. The number of aryl methyl sites for hydroxylation is 1. The van der Waals surface area contributed by atoms with Crippen LogP contribution < -0.4 is 0 Å². The molecule has 0 aliphatic rings. The SMILES string of the molecule is Cc1ccnc(-c2cccc(C#CC(C)(C)C)n2)n1. The molecule has 2 heterocycles. The topological polar surface area (TPSA) is 38.7 Å². The maximum Gasteiger partial charge on any atom is 0.178 e. The van der Waals surface area contributed by atoms with E-state index in [2.05, 4.69) is 47.6 Å². The number of hydrogen-bond acceptors (Lipinski definition) is 3. The summed E-state index contributed by atoms with van der Waals surface area (Å²) in [6.45, 7) is 8.17. The lowest BCUT2D eigenvalue weighted by molar-refractivity contribution is 0.571. The number of pyridine rings is 1. The van der Waals surface area contributed by atoms with Gasteiger partial charge in [0.15, 0.2) is 5.82 Å². The van der Waals surface area contributed by atoms with Crippen molar-refractivity contribution in [2.24, 2.45) is 5.41 Å². The van der Waals surface area contributed by atoms with Gasteiger partial charge in [0.05, 0.1) is 0 Å². The van der Waals surface area contributed by atoms with Crippen LogP contribution in [0.15, 0.2) is 30.5 Å². The maximum atomic E-state index is 4.49. The van der Waals surface area contributed by atoms with Crippen LogP contribution in [0.1, 0.15) is 32.2 Å². The Balaban J connectivity index is 2.37. The minimum absolute atomic E-state index is 0.0302. The van der Waals surface area contributed by atoms with Crippen molar-refractivity contribution in [2.45, 2.75) is 27.7 Å². The van der Waals surface area contributed by atoms with Gasteiger partial charge in [-0.05, 0) is 51.8 Å². The summed E-state index contributed by atoms with van der Waals surface area (Å²) in [5.41, 5.74) is 2.40. The van der Waals surface area contributed by atoms with Crippen LogP contribution in [-0.2, 0) is 0 Å². The van der Waals surface area contributed by atoms with Crippen molar-refractivity contribution in [1.82, 2.24) is 15.0 Å². The summed E-state index contributed by atoms with van der Waals surface area (Å²) < 4.78 is 0. The second kappa shape index (κ2) is 5.19. The fraction of sp³-hybridized carbons (Fsp3) is 0.312. The quantitative estimate of drug-likeness (QED) is 0.730. The second-order valence-electron chi connectivity index (χ2n) is 5.43. The van der Waals surface area contributed by atoms with Gasteiger partial charge in [-0.3, -0.25) is 0 Å². The highest BCUT2D eigenvalue weighted by atomic mass is 14.9. The van der Waals surface area contributed by atoms with Gasteiger partial charge in [0, 0.05) is 17.3 Å². The standard InChI is InChI=1S/C16H17N3/c1-12-9-11-17-15(18-12)14-7-5-6-13(19-14)8-10-16(2,3)4/h5-7,9,11H,1-4H3. The van der Waals surface area contributed by atoms with E-state index < -0.39 is 0 Å². The third-order valence-electron chi connectivity index (χ3n) is 2.34. The summed E-state index contributed by atoms with van der Waals surface area (Å²) in [5.74, 6) is 6.91. The van der Waals surface area contributed by atoms with Crippen LogP contribution in [0.25, 0.3) is 11.5 Å². The lowest BCUT2D eigenvalue weighted by Crippen LogP contribution is -2.00. The van der Waals surface area contributed by atoms with Crippen LogP contribution in [0.5, 0.6) is 0 Å². The van der Waals surface area contributed by atoms with Crippen molar-refractivity contribution in [2.75, 3.05) is 0 Å². The fourth-order valence-corrected chi connectivity index (χ4v) is 1.45. The van der Waals surface area contributed by atoms with Gasteiger partial charge in [-0.25, -0.2) is 15.0 Å². The molecule has 96 valence electrons. The lowest BCUT2D eigenvalue weighted by atomic mass is 9.98. The van der Waals surface area contributed by atoms with Crippen LogP contribution in [0.3, 0.4) is 0 Å². The van der Waals surface area contributed by atoms with Gasteiger partial charge < -0.3 is 0 Å². The molecular weight excluding hydrogens is 234 g/mol. The van der Waals surface area contributed by atoms with Crippen LogP contribution in [-0.4, -0.2) is 15.0 Å². The Kier molecular flexibility index (Phi) is 3.62. The molecule has 0 aliphatic carbocycles. The molecule has 0 saturated heterocycles. The van der Waals surface area contributed by atoms with Gasteiger partial charge in [-0.2, -0.15) is 0 Å². The molecule has 0 N–H and O–H groups in total. The highest BCUT2D eigenvalue weighted by Gasteiger charge is 2.05. The van der Waals surface area contributed by atoms with Gasteiger partial charge in [0.1, 0.15) is 11.4 Å². The normalized spacial score (nSPS) is 10.7. The molecule has 2 aromatic heterocycles. The van der Waals surface area contributed by atoms with E-state index in [0.717, 1.165) is 17.1 Å². The molecule has 0 amide bonds. The molecule has 0 aromatic carbocycles. The van der Waals surface area contributed by atoms with Crippen molar-refractivity contribution in [3.05, 3.63) is 41.9 Å². The molecule has 0 unspecified atom stereocenters. The monoisotopic (exact) mass is 251 g/mol. The van der Waals surface area contributed by atoms with Crippen molar-refractivity contribution in [3.8, 4) is 23.4 Å². The van der Waals surface area contributed by atoms with Crippen LogP contribution in [0, 0.1) is 24.2 Å². The molecule has 2 aromatic rings. The Morgan fingerprint density at radius 1 is 1.05 bits per heavy atom. The van der Waals surface area contributed by atoms with E-state index in [1.54, 1.807) is 6.20 Å². The fourth-order valence-electron chi connectivity index (χ4n) is 1.45. The first kappa shape index (κ1) is 13.2. The Morgan fingerprint density at radius 3 is 2.53 bits per heavy atom. The van der Waals surface area contributed by atoms with E-state index in [0.29, 0.717) is 5.82 Å². The summed E-state index contributed by atoms with van der Waals surface area (Å²) in [5, 5.41) is 0. The molecule has 0 spiro atoms. The first-order valence-corrected chi connectivity index (χ1v) is 6.24. The molecule has 19 heavy (non-hydrogen) atoms. The van der Waals surface area contributed by atoms with Crippen molar-refractivity contribution < 1.29 is 0 Å². The van der Waals surface area contributed by atoms with Crippen molar-refractivity contribution in [1.29, 1.82) is 0 Å². The summed E-state index contributed by atoms with van der Waals surface area (Å²) in [6, 6.07) is 7.60. The minimum atomic E-state index is -0.0302. The first-order valence-electron chi connectivity index (χ1n) is 6.24. The second-order valence-corrected chi connectivity index (χ2v) is 5.43. The first-order chi connectivity index (χ1) is 8.94. The Labute approximate surface area is 114 Å². The van der Waals surface area contributed by atoms with Crippen LogP contribution in [0.2, 0.25) is 0 Å². The average molecular weight is 251 g/mol. The van der Waals surface area contributed by atoms with E-state index in [4.69, 9.17) is 0 Å². The molecule has 2 rings (SSSR count). The smallest absolute Gasteiger partial charge is 0.178 e. The Morgan fingerprint density at radius 2 is 1.84 bits per heavy atom. The summed E-state index contributed by atoms with van der Waals surface area (Å²) in [7, 11) is 0. The number of nitrogens with zero attached hydrogens (tertiary/aromatic N) is 3. The zero-order chi connectivity index (χ0) is 13.9. The predicted octanol–water partition coefficient (Wildman–Crippen LogP) is 3.24. The summed E-state index contributed by atoms with van der Waals surface area (Å²) in [4.78, 5) is 13.1. The molecule has 3 nitrogen and oxygen atoms in total. The van der Waals surface area contributed by atoms with Gasteiger partial charge in [-0.15, -0.1) is 0 Å². The van der Waals surface area contributed by atoms with E-state index in [-0.39, 0.29) is 5.41 Å². The highest BCUT2D eigenvalue weighted by Crippen LogP contribution is 2.13. The van der Waals surface area contributed by atoms with E-state index in [1.165, 1.54) is 0 Å². The van der Waals surface area contributed by atoms with E-state index in [1.807, 2.05) is 31.2 Å². The highest BCUT2D eigenvalue weighted by molar-refractivity contribution is 5.50. The third kappa shape index (κ3) is 3.89. The van der Waals surface area contributed by atoms with E-state index >= 15 is 0 Å². The Hall–Kier alpha value is -2.21. The minimum Gasteiger partial charge on any atom is -0.236 e. The average Bonchev–Trinajstić information content (AvgIpc) is 2.36.